The Kier molecular flexibility index (Phi) is 6.82. The number of carbonyl (C=O) groups is 2. The Labute approximate surface area is 188 Å². The fraction of sp³-hybridized carbons (Fsp3) is 0.231. The van der Waals surface area contributed by atoms with Crippen LogP contribution in [-0.2, 0) is 29.0 Å². The van der Waals surface area contributed by atoms with Crippen molar-refractivity contribution < 1.29 is 14.3 Å². The summed E-state index contributed by atoms with van der Waals surface area (Å²) in [6.07, 6.45) is 0.989. The predicted octanol–water partition coefficient (Wildman–Crippen LogP) is 3.08. The van der Waals surface area contributed by atoms with Crippen LogP contribution in [0, 0.1) is 0 Å². The number of methoxy groups -OCH3 is 1. The maximum absolute atomic E-state index is 13.1. The first kappa shape index (κ1) is 21.6. The molecular formula is C26H27N3O3. The van der Waals surface area contributed by atoms with Gasteiger partial charge in [0, 0.05) is 24.7 Å². The summed E-state index contributed by atoms with van der Waals surface area (Å²) in [6.45, 7) is 0.633. The molecule has 0 bridgehead atoms. The highest BCUT2D eigenvalue weighted by molar-refractivity contribution is 5.98. The molecule has 0 aromatic heterocycles. The number of nitrogens with one attached hydrogen (secondary N) is 3. The zero-order valence-corrected chi connectivity index (χ0v) is 18.0. The smallest absolute Gasteiger partial charge is 0.247 e. The zero-order valence-electron chi connectivity index (χ0n) is 18.0. The molecule has 0 spiro atoms. The van der Waals surface area contributed by atoms with Crippen LogP contribution in [-0.4, -0.2) is 31.0 Å². The lowest BCUT2D eigenvalue weighted by Gasteiger charge is -2.27. The number of amides is 2. The van der Waals surface area contributed by atoms with Gasteiger partial charge >= 0.3 is 0 Å². The first-order valence-corrected chi connectivity index (χ1v) is 10.7. The van der Waals surface area contributed by atoms with Gasteiger partial charge in [0.25, 0.3) is 0 Å². The Morgan fingerprint density at radius 2 is 1.75 bits per heavy atom. The molecule has 6 nitrogen and oxygen atoms in total. The molecule has 0 fully saturated rings. The fourth-order valence-electron chi connectivity index (χ4n) is 3.90. The number of anilines is 1. The third-order valence-corrected chi connectivity index (χ3v) is 5.65. The lowest BCUT2D eigenvalue weighted by Crippen LogP contribution is -2.53. The molecular weight excluding hydrogens is 402 g/mol. The number of rotatable bonds is 7. The topological polar surface area (TPSA) is 79.5 Å². The molecule has 0 radical (unpaired) electrons. The van der Waals surface area contributed by atoms with Crippen LogP contribution in [0.4, 0.5) is 5.69 Å². The molecule has 3 N–H and O–H groups in total. The van der Waals surface area contributed by atoms with Crippen molar-refractivity contribution >= 4 is 17.5 Å². The minimum Gasteiger partial charge on any atom is -0.497 e. The molecule has 4 rings (SSSR count). The average molecular weight is 430 g/mol. The van der Waals surface area contributed by atoms with E-state index in [-0.39, 0.29) is 17.9 Å². The van der Waals surface area contributed by atoms with Crippen LogP contribution in [0.25, 0.3) is 0 Å². The highest BCUT2D eigenvalue weighted by Gasteiger charge is 2.28. The lowest BCUT2D eigenvalue weighted by molar-refractivity contribution is -0.128. The van der Waals surface area contributed by atoms with Gasteiger partial charge in [-0.2, -0.15) is 0 Å². The molecule has 0 saturated heterocycles. The minimum atomic E-state index is -0.713. The van der Waals surface area contributed by atoms with Gasteiger partial charge in [-0.15, -0.1) is 0 Å². The van der Waals surface area contributed by atoms with E-state index in [4.69, 9.17) is 4.74 Å². The van der Waals surface area contributed by atoms with Gasteiger partial charge in [0.1, 0.15) is 11.8 Å². The number of carbonyl (C=O) groups excluding carboxylic acids is 2. The number of ether oxygens (including phenoxy) is 1. The Balaban J connectivity index is 1.48. The van der Waals surface area contributed by atoms with Gasteiger partial charge in [-0.25, -0.2) is 0 Å². The molecule has 32 heavy (non-hydrogen) atoms. The lowest BCUT2D eigenvalue weighted by atomic mass is 9.95. The summed E-state index contributed by atoms with van der Waals surface area (Å²) in [5.74, 6) is 0.199. The Hall–Kier alpha value is -3.64. The third-order valence-electron chi connectivity index (χ3n) is 5.65. The molecule has 164 valence electrons. The Morgan fingerprint density at radius 3 is 2.53 bits per heavy atom. The predicted molar refractivity (Wildman–Crippen MR) is 124 cm³/mol. The van der Waals surface area contributed by atoms with Crippen LogP contribution >= 0.6 is 0 Å². The molecule has 2 atom stereocenters. The third kappa shape index (κ3) is 5.34. The maximum Gasteiger partial charge on any atom is 0.247 e. The summed E-state index contributed by atoms with van der Waals surface area (Å²) in [7, 11) is 1.58. The summed E-state index contributed by atoms with van der Waals surface area (Å²) in [4.78, 5) is 26.2. The van der Waals surface area contributed by atoms with Crippen molar-refractivity contribution in [3.63, 3.8) is 0 Å². The van der Waals surface area contributed by atoms with Crippen LogP contribution in [0.3, 0.4) is 0 Å². The van der Waals surface area contributed by atoms with Crippen LogP contribution in [0.5, 0.6) is 5.75 Å². The van der Waals surface area contributed by atoms with E-state index in [1.54, 1.807) is 19.2 Å². The van der Waals surface area contributed by atoms with Crippen LogP contribution in [0.1, 0.15) is 16.7 Å². The van der Waals surface area contributed by atoms with Gasteiger partial charge < -0.3 is 20.7 Å². The van der Waals surface area contributed by atoms with Gasteiger partial charge in [0.15, 0.2) is 0 Å². The van der Waals surface area contributed by atoms with Crippen LogP contribution in [0.2, 0.25) is 0 Å². The first-order valence-electron chi connectivity index (χ1n) is 10.7. The maximum atomic E-state index is 13.1. The van der Waals surface area contributed by atoms with Gasteiger partial charge in [0.2, 0.25) is 11.8 Å². The van der Waals surface area contributed by atoms with E-state index in [0.29, 0.717) is 30.8 Å². The van der Waals surface area contributed by atoms with Gasteiger partial charge in [-0.1, -0.05) is 60.7 Å². The number of fused-ring (bicyclic) bond motifs is 1. The summed E-state index contributed by atoms with van der Waals surface area (Å²) in [5.41, 5.74) is 3.95. The summed E-state index contributed by atoms with van der Waals surface area (Å²) in [6, 6.07) is 23.8. The molecule has 1 aliphatic rings. The number of hydrogen-bond donors (Lipinski definition) is 3. The molecule has 1 heterocycles. The van der Waals surface area contributed by atoms with Crippen molar-refractivity contribution in [2.75, 3.05) is 12.4 Å². The summed E-state index contributed by atoms with van der Waals surface area (Å²) in [5, 5.41) is 9.16. The second-order valence-corrected chi connectivity index (χ2v) is 7.88. The molecule has 3 aromatic rings. The highest BCUT2D eigenvalue weighted by atomic mass is 16.5. The largest absolute Gasteiger partial charge is 0.497 e. The van der Waals surface area contributed by atoms with E-state index in [1.165, 1.54) is 5.56 Å². The quantitative estimate of drug-likeness (QED) is 0.539. The molecule has 2 unspecified atom stereocenters. The first-order chi connectivity index (χ1) is 15.6. The van der Waals surface area contributed by atoms with E-state index in [1.807, 2.05) is 60.7 Å². The molecule has 3 aromatic carbocycles. The van der Waals surface area contributed by atoms with Crippen molar-refractivity contribution in [2.45, 2.75) is 31.5 Å². The molecule has 0 aliphatic carbocycles. The van der Waals surface area contributed by atoms with Crippen molar-refractivity contribution in [3.05, 3.63) is 95.6 Å². The molecule has 6 heteroatoms. The van der Waals surface area contributed by atoms with Gasteiger partial charge in [0.05, 0.1) is 13.2 Å². The van der Waals surface area contributed by atoms with Crippen molar-refractivity contribution in [1.82, 2.24) is 10.6 Å². The zero-order chi connectivity index (χ0) is 22.3. The van der Waals surface area contributed by atoms with Gasteiger partial charge in [-0.3, -0.25) is 9.59 Å². The molecule has 2 amide bonds. The summed E-state index contributed by atoms with van der Waals surface area (Å²) >= 11 is 0. The fourth-order valence-corrected chi connectivity index (χ4v) is 3.90. The van der Waals surface area contributed by atoms with Crippen molar-refractivity contribution in [1.29, 1.82) is 0 Å². The Bertz CT molecular complexity index is 1080. The number of benzene rings is 3. The van der Waals surface area contributed by atoms with Crippen LogP contribution < -0.4 is 20.7 Å². The normalized spacial score (nSPS) is 15.8. The molecule has 1 aliphatic heterocycles. The van der Waals surface area contributed by atoms with Crippen molar-refractivity contribution in [2.24, 2.45) is 0 Å². The van der Waals surface area contributed by atoms with E-state index >= 15 is 0 Å². The van der Waals surface area contributed by atoms with Crippen LogP contribution in [0.15, 0.2) is 78.9 Å². The van der Waals surface area contributed by atoms with E-state index in [9.17, 15) is 9.59 Å². The van der Waals surface area contributed by atoms with Crippen molar-refractivity contribution in [3.8, 4) is 5.75 Å². The van der Waals surface area contributed by atoms with E-state index in [0.717, 1.165) is 11.1 Å². The second-order valence-electron chi connectivity index (χ2n) is 7.88. The SMILES string of the molecule is COc1cccc(NC(=O)C(Cc2ccccc2)NC(=O)C2Cc3ccccc3CN2)c1. The second kappa shape index (κ2) is 10.1. The van der Waals surface area contributed by atoms with E-state index in [2.05, 4.69) is 22.0 Å². The number of hydrogen-bond acceptors (Lipinski definition) is 4. The van der Waals surface area contributed by atoms with E-state index < -0.39 is 6.04 Å². The van der Waals surface area contributed by atoms with Gasteiger partial charge in [-0.05, 0) is 35.2 Å². The minimum absolute atomic E-state index is 0.179. The average Bonchev–Trinajstić information content (AvgIpc) is 2.84. The monoisotopic (exact) mass is 429 g/mol. The Morgan fingerprint density at radius 1 is 1.00 bits per heavy atom. The molecule has 0 saturated carbocycles. The summed E-state index contributed by atoms with van der Waals surface area (Å²) < 4.78 is 5.24. The standard InChI is InChI=1S/C26H27N3O3/c1-32-22-13-7-12-21(16-22)28-26(31)24(14-18-8-3-2-4-9-18)29-25(30)23-15-19-10-5-6-11-20(19)17-27-23/h2-13,16,23-24,27H,14-15,17H2,1H3,(H,28,31)(H,29,30). The highest BCUT2D eigenvalue weighted by Crippen LogP contribution is 2.18.